The quantitative estimate of drug-likeness (QED) is 0.650. The molecule has 0 amide bonds. The van der Waals surface area contributed by atoms with Crippen molar-refractivity contribution in [2.45, 2.75) is 19.3 Å². The SMILES string of the molecule is O=S1(=O)CCCCN1CCCOCCO. The molecule has 1 heterocycles. The minimum absolute atomic E-state index is 0.0159. The third kappa shape index (κ3) is 4.46. The maximum absolute atomic E-state index is 11.5. The van der Waals surface area contributed by atoms with Crippen molar-refractivity contribution in [1.82, 2.24) is 4.31 Å². The van der Waals surface area contributed by atoms with E-state index >= 15 is 0 Å². The molecule has 0 spiro atoms. The standard InChI is InChI=1S/C9H19NO4S/c11-6-8-14-7-3-5-10-4-1-2-9-15(10,12)13/h11H,1-9H2. The van der Waals surface area contributed by atoms with E-state index in [9.17, 15) is 8.42 Å². The first kappa shape index (κ1) is 12.9. The predicted octanol–water partition coefficient (Wildman–Crippen LogP) is -0.189. The summed E-state index contributed by atoms with van der Waals surface area (Å²) in [4.78, 5) is 0. The number of hydrogen-bond donors (Lipinski definition) is 1. The van der Waals surface area contributed by atoms with Gasteiger partial charge in [0, 0.05) is 19.7 Å². The molecule has 15 heavy (non-hydrogen) atoms. The van der Waals surface area contributed by atoms with Gasteiger partial charge in [0.1, 0.15) is 0 Å². The molecule has 1 fully saturated rings. The van der Waals surface area contributed by atoms with Crippen LogP contribution in [0.5, 0.6) is 0 Å². The van der Waals surface area contributed by atoms with Crippen LogP contribution in [-0.2, 0) is 14.8 Å². The van der Waals surface area contributed by atoms with E-state index in [0.717, 1.165) is 12.8 Å². The average Bonchev–Trinajstić information content (AvgIpc) is 2.19. The van der Waals surface area contributed by atoms with Crippen LogP contribution in [0.4, 0.5) is 0 Å². The van der Waals surface area contributed by atoms with Gasteiger partial charge in [-0.05, 0) is 19.3 Å². The van der Waals surface area contributed by atoms with Crippen molar-refractivity contribution in [2.75, 3.05) is 38.7 Å². The van der Waals surface area contributed by atoms with Crippen LogP contribution in [0.3, 0.4) is 0 Å². The van der Waals surface area contributed by atoms with Crippen LogP contribution in [0.2, 0.25) is 0 Å². The second-order valence-corrected chi connectivity index (χ2v) is 5.70. The van der Waals surface area contributed by atoms with E-state index < -0.39 is 10.0 Å². The average molecular weight is 237 g/mol. The summed E-state index contributed by atoms with van der Waals surface area (Å²) in [6.07, 6.45) is 2.43. The van der Waals surface area contributed by atoms with E-state index in [2.05, 4.69) is 0 Å². The molecular formula is C9H19NO4S. The molecule has 1 rings (SSSR count). The molecule has 0 saturated carbocycles. The van der Waals surface area contributed by atoms with Gasteiger partial charge in [-0.25, -0.2) is 12.7 Å². The largest absolute Gasteiger partial charge is 0.394 e. The first-order chi connectivity index (χ1) is 7.17. The molecule has 6 heteroatoms. The van der Waals surface area contributed by atoms with Gasteiger partial charge in [0.15, 0.2) is 0 Å². The molecule has 0 atom stereocenters. The van der Waals surface area contributed by atoms with Gasteiger partial charge < -0.3 is 9.84 Å². The smallest absolute Gasteiger partial charge is 0.214 e. The van der Waals surface area contributed by atoms with E-state index in [0.29, 0.717) is 32.7 Å². The van der Waals surface area contributed by atoms with E-state index in [1.807, 2.05) is 0 Å². The summed E-state index contributed by atoms with van der Waals surface area (Å²) in [7, 11) is -2.99. The zero-order valence-corrected chi connectivity index (χ0v) is 9.71. The Hall–Kier alpha value is -0.170. The number of nitrogens with zero attached hydrogens (tertiary/aromatic N) is 1. The predicted molar refractivity (Wildman–Crippen MR) is 57.1 cm³/mol. The second kappa shape index (κ2) is 6.42. The molecule has 1 aliphatic rings. The van der Waals surface area contributed by atoms with Gasteiger partial charge in [0.05, 0.1) is 19.0 Å². The number of hydrogen-bond acceptors (Lipinski definition) is 4. The van der Waals surface area contributed by atoms with Crippen LogP contribution in [0.1, 0.15) is 19.3 Å². The molecular weight excluding hydrogens is 218 g/mol. The summed E-state index contributed by atoms with van der Waals surface area (Å²) < 4.78 is 29.7. The normalized spacial score (nSPS) is 21.7. The Morgan fingerprint density at radius 1 is 1.27 bits per heavy atom. The maximum Gasteiger partial charge on any atom is 0.214 e. The number of aliphatic hydroxyl groups is 1. The van der Waals surface area contributed by atoms with Crippen LogP contribution >= 0.6 is 0 Å². The number of rotatable bonds is 6. The van der Waals surface area contributed by atoms with Gasteiger partial charge in [-0.1, -0.05) is 0 Å². The Labute approximate surface area is 91.1 Å². The lowest BCUT2D eigenvalue weighted by Crippen LogP contribution is -2.38. The zero-order valence-electron chi connectivity index (χ0n) is 8.89. The topological polar surface area (TPSA) is 66.8 Å². The fourth-order valence-electron chi connectivity index (χ4n) is 1.60. The van der Waals surface area contributed by atoms with E-state index in [-0.39, 0.29) is 12.4 Å². The third-order valence-electron chi connectivity index (χ3n) is 2.39. The van der Waals surface area contributed by atoms with Crippen molar-refractivity contribution >= 4 is 10.0 Å². The first-order valence-corrected chi connectivity index (χ1v) is 6.94. The second-order valence-electron chi connectivity index (χ2n) is 3.61. The van der Waals surface area contributed by atoms with Crippen LogP contribution in [0.15, 0.2) is 0 Å². The molecule has 0 aliphatic carbocycles. The summed E-state index contributed by atoms with van der Waals surface area (Å²) in [5.41, 5.74) is 0. The summed E-state index contributed by atoms with van der Waals surface area (Å²) in [5, 5.41) is 8.47. The van der Waals surface area contributed by atoms with E-state index in [4.69, 9.17) is 9.84 Å². The molecule has 1 N–H and O–H groups in total. The number of sulfonamides is 1. The molecule has 0 radical (unpaired) electrons. The lowest BCUT2D eigenvalue weighted by Gasteiger charge is -2.25. The third-order valence-corrected chi connectivity index (χ3v) is 4.34. The van der Waals surface area contributed by atoms with Gasteiger partial charge in [0.2, 0.25) is 10.0 Å². The highest BCUT2D eigenvalue weighted by Gasteiger charge is 2.24. The molecule has 5 nitrogen and oxygen atoms in total. The van der Waals surface area contributed by atoms with Crippen LogP contribution in [0, 0.1) is 0 Å². The van der Waals surface area contributed by atoms with Crippen molar-refractivity contribution in [3.05, 3.63) is 0 Å². The summed E-state index contributed by atoms with van der Waals surface area (Å²) in [5.74, 6) is 0.282. The minimum Gasteiger partial charge on any atom is -0.394 e. The molecule has 0 bridgehead atoms. The van der Waals surface area contributed by atoms with Crippen molar-refractivity contribution < 1.29 is 18.3 Å². The van der Waals surface area contributed by atoms with Crippen LogP contribution in [0.25, 0.3) is 0 Å². The Kier molecular flexibility index (Phi) is 5.52. The molecule has 0 aromatic carbocycles. The molecule has 1 aliphatic heterocycles. The van der Waals surface area contributed by atoms with Crippen LogP contribution < -0.4 is 0 Å². The Balaban J connectivity index is 2.19. The maximum atomic E-state index is 11.5. The summed E-state index contributed by atoms with van der Waals surface area (Å²) in [6, 6.07) is 0. The van der Waals surface area contributed by atoms with Crippen molar-refractivity contribution in [3.8, 4) is 0 Å². The molecule has 0 unspecified atom stereocenters. The Bertz CT molecular complexity index is 265. The van der Waals surface area contributed by atoms with Crippen LogP contribution in [-0.4, -0.2) is 56.5 Å². The zero-order chi connectivity index (χ0) is 11.1. The van der Waals surface area contributed by atoms with Gasteiger partial charge in [-0.15, -0.1) is 0 Å². The van der Waals surface area contributed by atoms with Crippen molar-refractivity contribution in [3.63, 3.8) is 0 Å². The van der Waals surface area contributed by atoms with E-state index in [1.54, 1.807) is 4.31 Å². The molecule has 90 valence electrons. The number of ether oxygens (including phenoxy) is 1. The highest BCUT2D eigenvalue weighted by molar-refractivity contribution is 7.89. The monoisotopic (exact) mass is 237 g/mol. The highest BCUT2D eigenvalue weighted by atomic mass is 32.2. The minimum atomic E-state index is -2.99. The fraction of sp³-hybridized carbons (Fsp3) is 1.00. The Morgan fingerprint density at radius 2 is 2.07 bits per heavy atom. The Morgan fingerprint density at radius 3 is 2.73 bits per heavy atom. The summed E-state index contributed by atoms with van der Waals surface area (Å²) in [6.45, 7) is 2.03. The summed E-state index contributed by atoms with van der Waals surface area (Å²) >= 11 is 0. The van der Waals surface area contributed by atoms with Crippen molar-refractivity contribution in [2.24, 2.45) is 0 Å². The van der Waals surface area contributed by atoms with Gasteiger partial charge >= 0.3 is 0 Å². The number of aliphatic hydroxyl groups excluding tert-OH is 1. The van der Waals surface area contributed by atoms with Crippen molar-refractivity contribution in [1.29, 1.82) is 0 Å². The lowest BCUT2D eigenvalue weighted by molar-refractivity contribution is 0.0882. The van der Waals surface area contributed by atoms with Gasteiger partial charge in [0.25, 0.3) is 0 Å². The lowest BCUT2D eigenvalue weighted by atomic mass is 10.3. The molecule has 1 saturated heterocycles. The molecule has 0 aromatic rings. The molecule has 0 aromatic heterocycles. The van der Waals surface area contributed by atoms with Gasteiger partial charge in [-0.3, -0.25) is 0 Å². The van der Waals surface area contributed by atoms with E-state index in [1.165, 1.54) is 0 Å². The van der Waals surface area contributed by atoms with Gasteiger partial charge in [-0.2, -0.15) is 0 Å². The highest BCUT2D eigenvalue weighted by Crippen LogP contribution is 2.13. The fourth-order valence-corrected chi connectivity index (χ4v) is 3.24. The first-order valence-electron chi connectivity index (χ1n) is 5.33.